The quantitative estimate of drug-likeness (QED) is 0.288. The van der Waals surface area contributed by atoms with E-state index in [1.54, 1.807) is 7.11 Å². The van der Waals surface area contributed by atoms with Gasteiger partial charge in [0.1, 0.15) is 0 Å². The molecule has 0 bridgehead atoms. The third-order valence-corrected chi connectivity index (χ3v) is 3.80. The molecule has 2 N–H and O–H groups in total. The summed E-state index contributed by atoms with van der Waals surface area (Å²) in [6, 6.07) is 0.426. The van der Waals surface area contributed by atoms with Crippen molar-refractivity contribution in [1.82, 2.24) is 15.5 Å². The molecule has 0 aliphatic heterocycles. The second-order valence-corrected chi connectivity index (χ2v) is 5.67. The van der Waals surface area contributed by atoms with E-state index in [0.717, 1.165) is 45.0 Å². The molecule has 0 saturated heterocycles. The Balaban J connectivity index is 3.70. The summed E-state index contributed by atoms with van der Waals surface area (Å²) >= 11 is 0. The van der Waals surface area contributed by atoms with Crippen molar-refractivity contribution in [1.29, 1.82) is 0 Å². The van der Waals surface area contributed by atoms with Crippen LogP contribution in [-0.4, -0.2) is 77.1 Å². The molecule has 23 heavy (non-hydrogen) atoms. The van der Waals surface area contributed by atoms with E-state index in [-0.39, 0.29) is 0 Å². The molecule has 138 valence electrons. The highest BCUT2D eigenvalue weighted by Gasteiger charge is 2.06. The van der Waals surface area contributed by atoms with Crippen molar-refractivity contribution in [3.05, 3.63) is 0 Å². The summed E-state index contributed by atoms with van der Waals surface area (Å²) in [6.45, 7) is 13.0. The van der Waals surface area contributed by atoms with Gasteiger partial charge >= 0.3 is 0 Å². The van der Waals surface area contributed by atoms with Crippen LogP contribution < -0.4 is 10.6 Å². The Kier molecular flexibility index (Phi) is 15.4. The first-order valence-electron chi connectivity index (χ1n) is 8.94. The van der Waals surface area contributed by atoms with Crippen molar-refractivity contribution < 1.29 is 9.47 Å². The number of nitrogens with one attached hydrogen (secondary N) is 2. The fourth-order valence-corrected chi connectivity index (χ4v) is 2.29. The van der Waals surface area contributed by atoms with Crippen molar-refractivity contribution in [2.45, 2.75) is 46.1 Å². The van der Waals surface area contributed by atoms with Gasteiger partial charge in [-0.15, -0.1) is 0 Å². The molecule has 0 radical (unpaired) electrons. The largest absolute Gasteiger partial charge is 0.382 e. The van der Waals surface area contributed by atoms with Gasteiger partial charge < -0.3 is 25.0 Å². The zero-order valence-corrected chi connectivity index (χ0v) is 15.9. The Labute approximate surface area is 143 Å². The van der Waals surface area contributed by atoms with Crippen LogP contribution in [0, 0.1) is 0 Å². The topological polar surface area (TPSA) is 58.1 Å². The van der Waals surface area contributed by atoms with E-state index >= 15 is 0 Å². The van der Waals surface area contributed by atoms with Crippen LogP contribution in [0.1, 0.15) is 40.0 Å². The summed E-state index contributed by atoms with van der Waals surface area (Å²) in [5.74, 6) is 0.872. The van der Waals surface area contributed by atoms with Crippen LogP contribution in [0.3, 0.4) is 0 Å². The summed E-state index contributed by atoms with van der Waals surface area (Å²) in [6.07, 6.45) is 3.32. The van der Waals surface area contributed by atoms with Gasteiger partial charge in [-0.2, -0.15) is 0 Å². The molecule has 0 spiro atoms. The summed E-state index contributed by atoms with van der Waals surface area (Å²) < 4.78 is 10.4. The average Bonchev–Trinajstić information content (AvgIpc) is 2.56. The molecule has 0 amide bonds. The lowest BCUT2D eigenvalue weighted by Gasteiger charge is -2.21. The lowest BCUT2D eigenvalue weighted by atomic mass is 10.2. The SMILES string of the molecule is CCN(CC)CCCC(C)NC(=NC)NCCCOCCOC. The molecule has 0 aromatic rings. The van der Waals surface area contributed by atoms with Gasteiger partial charge in [0, 0.05) is 33.4 Å². The second-order valence-electron chi connectivity index (χ2n) is 5.67. The smallest absolute Gasteiger partial charge is 0.191 e. The van der Waals surface area contributed by atoms with Gasteiger partial charge in [0.05, 0.1) is 13.2 Å². The highest BCUT2D eigenvalue weighted by Crippen LogP contribution is 1.99. The Hall–Kier alpha value is -0.850. The van der Waals surface area contributed by atoms with E-state index in [2.05, 4.69) is 41.3 Å². The maximum atomic E-state index is 5.44. The van der Waals surface area contributed by atoms with E-state index in [9.17, 15) is 0 Å². The first-order chi connectivity index (χ1) is 11.2. The maximum absolute atomic E-state index is 5.44. The summed E-state index contributed by atoms with van der Waals surface area (Å²) in [7, 11) is 3.50. The molecule has 1 unspecified atom stereocenters. The molecule has 6 heteroatoms. The summed E-state index contributed by atoms with van der Waals surface area (Å²) in [4.78, 5) is 6.74. The third kappa shape index (κ3) is 13.3. The molecule has 0 aromatic carbocycles. The fourth-order valence-electron chi connectivity index (χ4n) is 2.29. The minimum absolute atomic E-state index is 0.426. The van der Waals surface area contributed by atoms with Crippen LogP contribution in [0.2, 0.25) is 0 Å². The molecular weight excluding hydrogens is 292 g/mol. The number of aliphatic imine (C=N–C) groups is 1. The predicted octanol–water partition coefficient (Wildman–Crippen LogP) is 1.72. The Morgan fingerprint density at radius 2 is 1.87 bits per heavy atom. The highest BCUT2D eigenvalue weighted by atomic mass is 16.5. The second kappa shape index (κ2) is 16.0. The zero-order valence-electron chi connectivity index (χ0n) is 15.9. The monoisotopic (exact) mass is 330 g/mol. The van der Waals surface area contributed by atoms with Gasteiger partial charge in [-0.3, -0.25) is 4.99 Å². The fraction of sp³-hybridized carbons (Fsp3) is 0.941. The van der Waals surface area contributed by atoms with Crippen LogP contribution in [0.5, 0.6) is 0 Å². The van der Waals surface area contributed by atoms with Crippen molar-refractivity contribution >= 4 is 5.96 Å². The van der Waals surface area contributed by atoms with Gasteiger partial charge in [-0.1, -0.05) is 13.8 Å². The molecular formula is C17H38N4O2. The van der Waals surface area contributed by atoms with E-state index < -0.39 is 0 Å². The number of rotatable bonds is 14. The first-order valence-corrected chi connectivity index (χ1v) is 8.94. The third-order valence-electron chi connectivity index (χ3n) is 3.80. The molecule has 0 aliphatic carbocycles. The number of hydrogen-bond acceptors (Lipinski definition) is 4. The predicted molar refractivity (Wildman–Crippen MR) is 98.3 cm³/mol. The standard InChI is InChI=1S/C17H38N4O2/c1-6-21(7-2)12-8-10-16(3)20-17(18-4)19-11-9-13-23-15-14-22-5/h16H,6-15H2,1-5H3,(H2,18,19,20). The van der Waals surface area contributed by atoms with Gasteiger partial charge in [-0.25, -0.2) is 0 Å². The van der Waals surface area contributed by atoms with Gasteiger partial charge in [0.2, 0.25) is 0 Å². The van der Waals surface area contributed by atoms with Gasteiger partial charge in [0.15, 0.2) is 5.96 Å². The van der Waals surface area contributed by atoms with E-state index in [1.807, 2.05) is 7.05 Å². The molecule has 6 nitrogen and oxygen atoms in total. The van der Waals surface area contributed by atoms with Crippen LogP contribution in [0.25, 0.3) is 0 Å². The van der Waals surface area contributed by atoms with Crippen LogP contribution >= 0.6 is 0 Å². The summed E-state index contributed by atoms with van der Waals surface area (Å²) in [5.41, 5.74) is 0. The van der Waals surface area contributed by atoms with Crippen molar-refractivity contribution in [3.8, 4) is 0 Å². The molecule has 0 aliphatic rings. The first kappa shape index (κ1) is 22.1. The maximum Gasteiger partial charge on any atom is 0.191 e. The Bertz CT molecular complexity index is 284. The minimum Gasteiger partial charge on any atom is -0.382 e. The lowest BCUT2D eigenvalue weighted by Crippen LogP contribution is -2.43. The van der Waals surface area contributed by atoms with E-state index in [1.165, 1.54) is 13.0 Å². The minimum atomic E-state index is 0.426. The van der Waals surface area contributed by atoms with E-state index in [4.69, 9.17) is 9.47 Å². The number of nitrogens with zero attached hydrogens (tertiary/aromatic N) is 2. The number of methoxy groups -OCH3 is 1. The lowest BCUT2D eigenvalue weighted by molar-refractivity contribution is 0.0698. The van der Waals surface area contributed by atoms with Crippen molar-refractivity contribution in [3.63, 3.8) is 0 Å². The van der Waals surface area contributed by atoms with Crippen molar-refractivity contribution in [2.24, 2.45) is 4.99 Å². The van der Waals surface area contributed by atoms with Gasteiger partial charge in [-0.05, 0) is 45.8 Å². The van der Waals surface area contributed by atoms with Crippen LogP contribution in [0.4, 0.5) is 0 Å². The van der Waals surface area contributed by atoms with Crippen molar-refractivity contribution in [2.75, 3.05) is 60.2 Å². The Morgan fingerprint density at radius 1 is 1.13 bits per heavy atom. The highest BCUT2D eigenvalue weighted by molar-refractivity contribution is 5.79. The normalized spacial score (nSPS) is 13.4. The molecule has 0 fully saturated rings. The number of hydrogen-bond donors (Lipinski definition) is 2. The number of ether oxygens (including phenoxy) is 2. The molecule has 0 saturated carbocycles. The van der Waals surface area contributed by atoms with Crippen LogP contribution in [-0.2, 0) is 9.47 Å². The zero-order chi connectivity index (χ0) is 17.3. The van der Waals surface area contributed by atoms with E-state index in [0.29, 0.717) is 19.3 Å². The molecule has 0 heterocycles. The Morgan fingerprint density at radius 3 is 2.48 bits per heavy atom. The average molecular weight is 331 g/mol. The molecule has 1 atom stereocenters. The number of guanidine groups is 1. The van der Waals surface area contributed by atoms with Gasteiger partial charge in [0.25, 0.3) is 0 Å². The molecule has 0 aromatic heterocycles. The van der Waals surface area contributed by atoms with Crippen LogP contribution in [0.15, 0.2) is 4.99 Å². The summed E-state index contributed by atoms with van der Waals surface area (Å²) in [5, 5.41) is 6.78. The molecule has 0 rings (SSSR count).